The van der Waals surface area contributed by atoms with E-state index in [2.05, 4.69) is 15.0 Å². The molecule has 0 aliphatic heterocycles. The number of aromatic amines is 1. The summed E-state index contributed by atoms with van der Waals surface area (Å²) in [6.07, 6.45) is 3.55. The molecule has 4 heteroatoms. The van der Waals surface area contributed by atoms with Crippen LogP contribution in [0.1, 0.15) is 26.5 Å². The Bertz CT molecular complexity index is 854. The highest BCUT2D eigenvalue weighted by Crippen LogP contribution is 2.26. The fourth-order valence-electron chi connectivity index (χ4n) is 2.27. The van der Waals surface area contributed by atoms with Gasteiger partial charge in [-0.1, -0.05) is 45.0 Å². The summed E-state index contributed by atoms with van der Waals surface area (Å²) in [6.45, 7) is 6.12. The summed E-state index contributed by atoms with van der Waals surface area (Å²) in [5.74, 6) is 0.566. The topological polar surface area (TPSA) is 58.6 Å². The van der Waals surface area contributed by atoms with Crippen molar-refractivity contribution in [3.05, 3.63) is 58.8 Å². The zero-order valence-corrected chi connectivity index (χ0v) is 12.3. The zero-order valence-electron chi connectivity index (χ0n) is 12.3. The van der Waals surface area contributed by atoms with Gasteiger partial charge in [0, 0.05) is 34.8 Å². The van der Waals surface area contributed by atoms with Crippen molar-refractivity contribution in [2.45, 2.75) is 26.2 Å². The van der Waals surface area contributed by atoms with E-state index in [4.69, 9.17) is 0 Å². The molecule has 0 atom stereocenters. The van der Waals surface area contributed by atoms with Gasteiger partial charge < -0.3 is 4.98 Å². The predicted octanol–water partition coefficient (Wildman–Crippen LogP) is 3.28. The normalized spacial score (nSPS) is 11.8. The first-order valence-corrected chi connectivity index (χ1v) is 6.90. The van der Waals surface area contributed by atoms with Gasteiger partial charge in [0.2, 0.25) is 0 Å². The highest BCUT2D eigenvalue weighted by Gasteiger charge is 2.18. The van der Waals surface area contributed by atoms with Gasteiger partial charge in [-0.15, -0.1) is 0 Å². The Morgan fingerprint density at radius 2 is 1.86 bits per heavy atom. The maximum absolute atomic E-state index is 12.0. The number of fused-ring (bicyclic) bond motifs is 1. The lowest BCUT2D eigenvalue weighted by Crippen LogP contribution is -2.20. The van der Waals surface area contributed by atoms with Crippen LogP contribution in [0.5, 0.6) is 0 Å². The molecule has 3 rings (SSSR count). The van der Waals surface area contributed by atoms with E-state index >= 15 is 0 Å². The van der Waals surface area contributed by atoms with Gasteiger partial charge in [0.25, 0.3) is 5.56 Å². The Labute approximate surface area is 122 Å². The molecule has 1 N–H and O–H groups in total. The van der Waals surface area contributed by atoms with E-state index in [0.717, 1.165) is 22.0 Å². The molecule has 1 aromatic carbocycles. The van der Waals surface area contributed by atoms with Crippen LogP contribution in [-0.4, -0.2) is 15.0 Å². The second kappa shape index (κ2) is 4.81. The maximum Gasteiger partial charge on any atom is 0.251 e. The van der Waals surface area contributed by atoms with Crippen molar-refractivity contribution < 1.29 is 0 Å². The molecule has 0 bridgehead atoms. The molecule has 2 heterocycles. The molecule has 0 saturated carbocycles. The second-order valence-electron chi connectivity index (χ2n) is 6.14. The van der Waals surface area contributed by atoms with Crippen LogP contribution in [0.4, 0.5) is 0 Å². The van der Waals surface area contributed by atoms with E-state index in [1.54, 1.807) is 12.3 Å². The minimum Gasteiger partial charge on any atom is -0.306 e. The molecule has 3 aromatic rings. The number of nitrogens with one attached hydrogen (secondary N) is 1. The van der Waals surface area contributed by atoms with Crippen molar-refractivity contribution in [3.8, 4) is 11.4 Å². The van der Waals surface area contributed by atoms with Crippen LogP contribution in [-0.2, 0) is 5.41 Å². The minimum atomic E-state index is -0.180. The fraction of sp³-hybridized carbons (Fsp3) is 0.235. The first-order chi connectivity index (χ1) is 9.95. The quantitative estimate of drug-likeness (QED) is 0.743. The van der Waals surface area contributed by atoms with Crippen LogP contribution in [0.25, 0.3) is 22.2 Å². The first-order valence-electron chi connectivity index (χ1n) is 6.90. The van der Waals surface area contributed by atoms with Gasteiger partial charge in [-0.2, -0.15) is 0 Å². The van der Waals surface area contributed by atoms with Gasteiger partial charge in [-0.05, 0) is 5.39 Å². The average molecular weight is 279 g/mol. The van der Waals surface area contributed by atoms with Crippen molar-refractivity contribution in [1.82, 2.24) is 15.0 Å². The van der Waals surface area contributed by atoms with Gasteiger partial charge in [-0.25, -0.2) is 4.98 Å². The third kappa shape index (κ3) is 2.57. The second-order valence-corrected chi connectivity index (χ2v) is 6.14. The van der Waals surface area contributed by atoms with Gasteiger partial charge in [0.15, 0.2) is 0 Å². The summed E-state index contributed by atoms with van der Waals surface area (Å²) in [4.78, 5) is 23.7. The Morgan fingerprint density at radius 3 is 2.62 bits per heavy atom. The summed E-state index contributed by atoms with van der Waals surface area (Å²) in [7, 11) is 0. The highest BCUT2D eigenvalue weighted by atomic mass is 16.1. The number of benzene rings is 1. The molecule has 106 valence electrons. The third-order valence-corrected chi connectivity index (χ3v) is 3.43. The minimum absolute atomic E-state index is 0.141. The lowest BCUT2D eigenvalue weighted by Gasteiger charge is -2.18. The number of hydrogen-bond donors (Lipinski definition) is 1. The van der Waals surface area contributed by atoms with Gasteiger partial charge in [-0.3, -0.25) is 9.78 Å². The first kappa shape index (κ1) is 13.5. The molecule has 0 amide bonds. The third-order valence-electron chi connectivity index (χ3n) is 3.43. The number of hydrogen-bond acceptors (Lipinski definition) is 3. The van der Waals surface area contributed by atoms with E-state index in [9.17, 15) is 4.79 Å². The molecule has 0 saturated heterocycles. The molecular weight excluding hydrogens is 262 g/mol. The molecule has 0 fully saturated rings. The van der Waals surface area contributed by atoms with Crippen LogP contribution in [0.3, 0.4) is 0 Å². The van der Waals surface area contributed by atoms with Crippen molar-refractivity contribution in [2.75, 3.05) is 0 Å². The molecule has 4 nitrogen and oxygen atoms in total. The Morgan fingerprint density at radius 1 is 1.10 bits per heavy atom. The molecule has 2 aromatic heterocycles. The van der Waals surface area contributed by atoms with E-state index in [1.165, 1.54) is 0 Å². The highest BCUT2D eigenvalue weighted by molar-refractivity contribution is 5.93. The fourth-order valence-corrected chi connectivity index (χ4v) is 2.27. The van der Waals surface area contributed by atoms with Crippen molar-refractivity contribution in [1.29, 1.82) is 0 Å². The van der Waals surface area contributed by atoms with Crippen LogP contribution in [0.2, 0.25) is 0 Å². The Balaban J connectivity index is 2.29. The van der Waals surface area contributed by atoms with E-state index in [0.29, 0.717) is 5.82 Å². The van der Waals surface area contributed by atoms with Crippen molar-refractivity contribution in [3.63, 3.8) is 0 Å². The summed E-state index contributed by atoms with van der Waals surface area (Å²) in [5, 5.41) is 2.06. The number of H-pyrrole nitrogens is 1. The van der Waals surface area contributed by atoms with Gasteiger partial charge in [0.05, 0.1) is 5.69 Å². The van der Waals surface area contributed by atoms with Gasteiger partial charge >= 0.3 is 0 Å². The number of aromatic nitrogens is 3. The monoisotopic (exact) mass is 279 g/mol. The number of rotatable bonds is 1. The SMILES string of the molecule is CC(C)(C)c1cc(=O)[nH]c(-c2cncc3ccccc23)n1. The molecular formula is C17H17N3O. The summed E-state index contributed by atoms with van der Waals surface area (Å²) in [6, 6.07) is 9.50. The van der Waals surface area contributed by atoms with Crippen LogP contribution in [0.15, 0.2) is 47.5 Å². The number of nitrogens with zero attached hydrogens (tertiary/aromatic N) is 2. The Kier molecular flexibility index (Phi) is 3.09. The number of pyridine rings is 1. The average Bonchev–Trinajstić information content (AvgIpc) is 2.45. The summed E-state index contributed by atoms with van der Waals surface area (Å²) < 4.78 is 0. The van der Waals surface area contributed by atoms with E-state index in [-0.39, 0.29) is 11.0 Å². The van der Waals surface area contributed by atoms with E-state index < -0.39 is 0 Å². The summed E-state index contributed by atoms with van der Waals surface area (Å²) >= 11 is 0. The van der Waals surface area contributed by atoms with Gasteiger partial charge in [0.1, 0.15) is 5.82 Å². The van der Waals surface area contributed by atoms with E-state index in [1.807, 2.05) is 51.2 Å². The predicted molar refractivity (Wildman–Crippen MR) is 84.3 cm³/mol. The van der Waals surface area contributed by atoms with Crippen molar-refractivity contribution >= 4 is 10.8 Å². The van der Waals surface area contributed by atoms with Crippen LogP contribution >= 0.6 is 0 Å². The van der Waals surface area contributed by atoms with Crippen molar-refractivity contribution in [2.24, 2.45) is 0 Å². The maximum atomic E-state index is 12.0. The largest absolute Gasteiger partial charge is 0.306 e. The lowest BCUT2D eigenvalue weighted by atomic mass is 9.92. The molecule has 0 unspecified atom stereocenters. The molecule has 21 heavy (non-hydrogen) atoms. The molecule has 0 radical (unpaired) electrons. The van der Waals surface area contributed by atoms with Crippen LogP contribution < -0.4 is 5.56 Å². The molecule has 0 aliphatic carbocycles. The standard InChI is InChI=1S/C17H17N3O/c1-17(2,3)14-8-15(21)20-16(19-14)13-10-18-9-11-6-4-5-7-12(11)13/h4-10H,1-3H3,(H,19,20,21). The lowest BCUT2D eigenvalue weighted by molar-refractivity contribution is 0.566. The zero-order chi connectivity index (χ0) is 15.0. The molecule has 0 aliphatic rings. The summed E-state index contributed by atoms with van der Waals surface area (Å²) in [5.41, 5.74) is 1.30. The Hall–Kier alpha value is -2.49. The molecule has 0 spiro atoms. The smallest absolute Gasteiger partial charge is 0.251 e. The van der Waals surface area contributed by atoms with Crippen LogP contribution in [0, 0.1) is 0 Å².